The summed E-state index contributed by atoms with van der Waals surface area (Å²) in [6.45, 7) is 2.01. The van der Waals surface area contributed by atoms with Crippen molar-refractivity contribution in [3.8, 4) is 0 Å². The number of hydrogen-bond donors (Lipinski definition) is 2. The smallest absolute Gasteiger partial charge is 0.287 e. The lowest BCUT2D eigenvalue weighted by atomic mass is 10.1. The monoisotopic (exact) mass is 376 g/mol. The fourth-order valence-electron chi connectivity index (χ4n) is 2.67. The standard InChI is InChI=1S/C18H17FN2O4S/c1-11-14-3-2-4-15(19)17(14)25-16(11)18(22)21-10-9-12-5-7-13(8-6-12)26(20,23)24/h2-8H,9-10H2,1H3,(H,21,22)(H2,20,23,24). The second-order valence-electron chi connectivity index (χ2n) is 5.87. The van der Waals surface area contributed by atoms with Gasteiger partial charge in [-0.3, -0.25) is 4.79 Å². The van der Waals surface area contributed by atoms with Gasteiger partial charge in [0.2, 0.25) is 10.0 Å². The Morgan fingerprint density at radius 1 is 1.19 bits per heavy atom. The minimum absolute atomic E-state index is 0.0326. The molecular formula is C18H17FN2O4S. The molecule has 26 heavy (non-hydrogen) atoms. The number of furan rings is 1. The first kappa shape index (κ1) is 18.1. The van der Waals surface area contributed by atoms with Crippen LogP contribution in [0, 0.1) is 12.7 Å². The van der Waals surface area contributed by atoms with Crippen LogP contribution < -0.4 is 10.5 Å². The number of fused-ring (bicyclic) bond motifs is 1. The SMILES string of the molecule is Cc1c(C(=O)NCCc2ccc(S(N)(=O)=O)cc2)oc2c(F)cccc12. The summed E-state index contributed by atoms with van der Waals surface area (Å²) in [4.78, 5) is 12.3. The number of carbonyl (C=O) groups excluding carboxylic acids is 1. The summed E-state index contributed by atoms with van der Waals surface area (Å²) in [5, 5.41) is 8.33. The van der Waals surface area contributed by atoms with Crippen LogP contribution >= 0.6 is 0 Å². The van der Waals surface area contributed by atoms with Gasteiger partial charge in [-0.15, -0.1) is 0 Å². The van der Waals surface area contributed by atoms with Crippen LogP contribution in [0.5, 0.6) is 0 Å². The zero-order chi connectivity index (χ0) is 18.9. The van der Waals surface area contributed by atoms with Crippen molar-refractivity contribution in [2.24, 2.45) is 5.14 Å². The van der Waals surface area contributed by atoms with Gasteiger partial charge in [0.15, 0.2) is 17.2 Å². The van der Waals surface area contributed by atoms with Crippen LogP contribution in [0.25, 0.3) is 11.0 Å². The first-order valence-electron chi connectivity index (χ1n) is 7.85. The molecule has 0 saturated carbocycles. The molecule has 3 N–H and O–H groups in total. The topological polar surface area (TPSA) is 102 Å². The lowest BCUT2D eigenvalue weighted by molar-refractivity contribution is 0.0927. The number of halogens is 1. The average molecular weight is 376 g/mol. The Hall–Kier alpha value is -2.71. The largest absolute Gasteiger partial charge is 0.448 e. The molecule has 0 aliphatic rings. The predicted octanol–water partition coefficient (Wildman–Crippen LogP) is 2.50. The van der Waals surface area contributed by atoms with Crippen molar-refractivity contribution < 1.29 is 22.0 Å². The number of carbonyl (C=O) groups is 1. The first-order valence-corrected chi connectivity index (χ1v) is 9.39. The molecule has 1 aromatic heterocycles. The highest BCUT2D eigenvalue weighted by Crippen LogP contribution is 2.27. The minimum Gasteiger partial charge on any atom is -0.448 e. The molecule has 0 atom stereocenters. The van der Waals surface area contributed by atoms with Gasteiger partial charge in [-0.1, -0.05) is 24.3 Å². The molecule has 0 unspecified atom stereocenters. The molecule has 0 fully saturated rings. The molecule has 136 valence electrons. The van der Waals surface area contributed by atoms with Gasteiger partial charge in [-0.05, 0) is 37.1 Å². The number of primary sulfonamides is 1. The number of rotatable bonds is 5. The van der Waals surface area contributed by atoms with Gasteiger partial charge < -0.3 is 9.73 Å². The predicted molar refractivity (Wildman–Crippen MR) is 94.8 cm³/mol. The summed E-state index contributed by atoms with van der Waals surface area (Å²) >= 11 is 0. The summed E-state index contributed by atoms with van der Waals surface area (Å²) in [5.74, 6) is -0.867. The molecule has 1 amide bonds. The minimum atomic E-state index is -3.72. The van der Waals surface area contributed by atoms with Crippen molar-refractivity contribution in [1.29, 1.82) is 0 Å². The first-order chi connectivity index (χ1) is 12.3. The van der Waals surface area contributed by atoms with E-state index in [9.17, 15) is 17.6 Å². The van der Waals surface area contributed by atoms with E-state index in [2.05, 4.69) is 5.32 Å². The van der Waals surface area contributed by atoms with Crippen molar-refractivity contribution in [3.05, 3.63) is 65.2 Å². The van der Waals surface area contributed by atoms with Crippen LogP contribution in [0.4, 0.5) is 4.39 Å². The zero-order valence-electron chi connectivity index (χ0n) is 14.0. The Morgan fingerprint density at radius 2 is 1.88 bits per heavy atom. The second-order valence-corrected chi connectivity index (χ2v) is 7.43. The fraction of sp³-hybridized carbons (Fsp3) is 0.167. The van der Waals surface area contributed by atoms with Crippen molar-refractivity contribution in [2.45, 2.75) is 18.2 Å². The van der Waals surface area contributed by atoms with Crippen LogP contribution in [0.1, 0.15) is 21.7 Å². The highest BCUT2D eigenvalue weighted by Gasteiger charge is 2.19. The van der Waals surface area contributed by atoms with E-state index < -0.39 is 21.7 Å². The third-order valence-electron chi connectivity index (χ3n) is 4.07. The number of nitrogens with one attached hydrogen (secondary N) is 1. The molecule has 1 heterocycles. The van der Waals surface area contributed by atoms with Gasteiger partial charge in [-0.25, -0.2) is 17.9 Å². The van der Waals surface area contributed by atoms with E-state index in [0.29, 0.717) is 23.9 Å². The highest BCUT2D eigenvalue weighted by molar-refractivity contribution is 7.89. The maximum Gasteiger partial charge on any atom is 0.287 e. The molecule has 3 rings (SSSR count). The van der Waals surface area contributed by atoms with Gasteiger partial charge in [0, 0.05) is 17.5 Å². The number of nitrogens with two attached hydrogens (primary N) is 1. The number of aryl methyl sites for hydroxylation is 1. The van der Waals surface area contributed by atoms with E-state index in [0.717, 1.165) is 5.56 Å². The quantitative estimate of drug-likeness (QED) is 0.714. The van der Waals surface area contributed by atoms with Gasteiger partial charge in [0.25, 0.3) is 5.91 Å². The van der Waals surface area contributed by atoms with E-state index in [1.807, 2.05) is 0 Å². The summed E-state index contributed by atoms with van der Waals surface area (Å²) in [6.07, 6.45) is 0.490. The van der Waals surface area contributed by atoms with E-state index >= 15 is 0 Å². The third kappa shape index (κ3) is 3.61. The van der Waals surface area contributed by atoms with Crippen LogP contribution in [0.3, 0.4) is 0 Å². The summed E-state index contributed by atoms with van der Waals surface area (Å²) < 4.78 is 41.6. The lowest BCUT2D eigenvalue weighted by Gasteiger charge is -2.05. The number of hydrogen-bond acceptors (Lipinski definition) is 4. The highest BCUT2D eigenvalue weighted by atomic mass is 32.2. The normalized spacial score (nSPS) is 11.7. The molecular weight excluding hydrogens is 359 g/mol. The van der Waals surface area contributed by atoms with Crippen molar-refractivity contribution in [1.82, 2.24) is 5.32 Å². The lowest BCUT2D eigenvalue weighted by Crippen LogP contribution is -2.25. The average Bonchev–Trinajstić information content (AvgIpc) is 2.93. The van der Waals surface area contributed by atoms with Gasteiger partial charge in [-0.2, -0.15) is 0 Å². The Labute approximate surface area is 149 Å². The number of sulfonamides is 1. The number of para-hydroxylation sites is 1. The van der Waals surface area contributed by atoms with E-state index in [-0.39, 0.29) is 16.2 Å². The van der Waals surface area contributed by atoms with Crippen LogP contribution in [-0.4, -0.2) is 20.9 Å². The number of amides is 1. The molecule has 3 aromatic rings. The van der Waals surface area contributed by atoms with Crippen molar-refractivity contribution >= 4 is 26.9 Å². The Balaban J connectivity index is 1.66. The Bertz CT molecular complexity index is 1070. The van der Waals surface area contributed by atoms with Crippen molar-refractivity contribution in [2.75, 3.05) is 6.54 Å². The van der Waals surface area contributed by atoms with Crippen molar-refractivity contribution in [3.63, 3.8) is 0 Å². The molecule has 6 nitrogen and oxygen atoms in total. The Morgan fingerprint density at radius 3 is 2.50 bits per heavy atom. The fourth-order valence-corrected chi connectivity index (χ4v) is 3.19. The van der Waals surface area contributed by atoms with Crippen LogP contribution in [0.15, 0.2) is 51.8 Å². The molecule has 0 radical (unpaired) electrons. The Kier molecular flexibility index (Phi) is 4.80. The molecule has 2 aromatic carbocycles. The number of benzene rings is 2. The van der Waals surface area contributed by atoms with Crippen LogP contribution in [0.2, 0.25) is 0 Å². The molecule has 0 aliphatic heterocycles. The van der Waals surface area contributed by atoms with Crippen LogP contribution in [-0.2, 0) is 16.4 Å². The van der Waals surface area contributed by atoms with E-state index in [1.54, 1.807) is 31.2 Å². The summed E-state index contributed by atoms with van der Waals surface area (Å²) in [7, 11) is -3.72. The summed E-state index contributed by atoms with van der Waals surface area (Å²) in [6, 6.07) is 10.6. The van der Waals surface area contributed by atoms with E-state index in [1.165, 1.54) is 18.2 Å². The van der Waals surface area contributed by atoms with Gasteiger partial charge >= 0.3 is 0 Å². The molecule has 8 heteroatoms. The second kappa shape index (κ2) is 6.89. The summed E-state index contributed by atoms with van der Waals surface area (Å²) in [5.41, 5.74) is 1.48. The zero-order valence-corrected chi connectivity index (χ0v) is 14.8. The maximum absolute atomic E-state index is 13.8. The van der Waals surface area contributed by atoms with Gasteiger partial charge in [0.1, 0.15) is 0 Å². The van der Waals surface area contributed by atoms with E-state index in [4.69, 9.17) is 9.56 Å². The molecule has 0 saturated heterocycles. The molecule has 0 aliphatic carbocycles. The van der Waals surface area contributed by atoms with Gasteiger partial charge in [0.05, 0.1) is 4.90 Å². The maximum atomic E-state index is 13.8. The molecule has 0 spiro atoms. The third-order valence-corrected chi connectivity index (χ3v) is 5.00. The molecule has 0 bridgehead atoms.